The van der Waals surface area contributed by atoms with Crippen molar-refractivity contribution >= 4 is 0 Å². The first kappa shape index (κ1) is 20.5. The fourth-order valence-corrected chi connectivity index (χ4v) is 1.79. The largest absolute Gasteiger partial charge is 0.285 e. The highest BCUT2D eigenvalue weighted by Gasteiger charge is 2.24. The number of rotatable bonds is 13. The quantitative estimate of drug-likeness (QED) is 0.298. The highest BCUT2D eigenvalue weighted by Crippen LogP contribution is 2.17. The van der Waals surface area contributed by atoms with Crippen molar-refractivity contribution < 1.29 is 26.3 Å². The Morgan fingerprint density at radius 1 is 0.762 bits per heavy atom. The monoisotopic (exact) mass is 321 g/mol. The second kappa shape index (κ2) is 12.1. The van der Waals surface area contributed by atoms with Gasteiger partial charge in [-0.05, 0) is 39.0 Å². The van der Waals surface area contributed by atoms with E-state index in [1.807, 2.05) is 0 Å². The number of hydrogen-bond donors (Lipinski definition) is 1. The molecule has 21 heavy (non-hydrogen) atoms. The average molecular weight is 321 g/mol. The summed E-state index contributed by atoms with van der Waals surface area (Å²) in [5.74, 6) is 0. The van der Waals surface area contributed by atoms with Crippen molar-refractivity contribution in [3.63, 3.8) is 0 Å². The van der Waals surface area contributed by atoms with Gasteiger partial charge < -0.3 is 0 Å². The summed E-state index contributed by atoms with van der Waals surface area (Å²) in [5, 5.41) is 2.21. The van der Waals surface area contributed by atoms with E-state index in [-0.39, 0.29) is 6.42 Å². The van der Waals surface area contributed by atoms with Gasteiger partial charge in [0.1, 0.15) is 24.7 Å². The zero-order valence-corrected chi connectivity index (χ0v) is 12.3. The highest BCUT2D eigenvalue weighted by molar-refractivity contribution is 4.74. The van der Waals surface area contributed by atoms with Gasteiger partial charge in [-0.25, -0.2) is 22.0 Å². The molecule has 0 aliphatic heterocycles. The van der Waals surface area contributed by atoms with E-state index in [0.717, 1.165) is 6.92 Å². The van der Waals surface area contributed by atoms with E-state index in [9.17, 15) is 26.3 Å². The zero-order valence-electron chi connectivity index (χ0n) is 12.3. The van der Waals surface area contributed by atoms with E-state index in [1.54, 1.807) is 0 Å². The van der Waals surface area contributed by atoms with E-state index < -0.39 is 57.0 Å². The summed E-state index contributed by atoms with van der Waals surface area (Å²) >= 11 is 0. The highest BCUT2D eigenvalue weighted by atomic mass is 19.2. The van der Waals surface area contributed by atoms with Crippen molar-refractivity contribution in [2.75, 3.05) is 13.2 Å². The molecular formula is C14H25F6N. The Bertz CT molecular complexity index is 242. The van der Waals surface area contributed by atoms with E-state index >= 15 is 0 Å². The molecule has 7 heteroatoms. The smallest absolute Gasteiger partial charge is 0.151 e. The molecule has 0 bridgehead atoms. The van der Waals surface area contributed by atoms with Gasteiger partial charge in [-0.1, -0.05) is 6.42 Å². The van der Waals surface area contributed by atoms with Gasteiger partial charge in [-0.3, -0.25) is 9.71 Å². The first-order valence-corrected chi connectivity index (χ1v) is 7.38. The van der Waals surface area contributed by atoms with Crippen LogP contribution in [-0.4, -0.2) is 44.2 Å². The molecule has 0 aliphatic carbocycles. The number of alkyl halides is 6. The third-order valence-electron chi connectivity index (χ3n) is 3.23. The van der Waals surface area contributed by atoms with E-state index in [0.29, 0.717) is 19.3 Å². The van der Waals surface area contributed by atoms with E-state index in [4.69, 9.17) is 0 Å². The van der Waals surface area contributed by atoms with Gasteiger partial charge in [-0.15, -0.1) is 0 Å². The molecule has 1 N–H and O–H groups in total. The first-order chi connectivity index (χ1) is 9.88. The summed E-state index contributed by atoms with van der Waals surface area (Å²) < 4.78 is 77.2. The topological polar surface area (TPSA) is 12.0 Å². The molecule has 0 aromatic carbocycles. The van der Waals surface area contributed by atoms with Gasteiger partial charge in [-0.2, -0.15) is 0 Å². The fraction of sp³-hybridized carbons (Fsp3) is 1.00. The molecule has 0 aromatic rings. The molecule has 0 rings (SSSR count). The number of hydrogen-bond acceptors (Lipinski definition) is 1. The second-order valence-electron chi connectivity index (χ2n) is 5.22. The molecule has 1 nitrogen and oxygen atoms in total. The molecule has 128 valence electrons. The van der Waals surface area contributed by atoms with E-state index in [2.05, 4.69) is 5.32 Å². The molecule has 5 atom stereocenters. The Morgan fingerprint density at radius 3 is 1.95 bits per heavy atom. The standard InChI is InChI=1S/C14H25F6N/c1-10(16)11(17)6-7-12(18)13(19)9-21-14(20)5-3-2-4-8-15/h10-14,21H,2-9H2,1H3. The molecule has 0 saturated carbocycles. The number of unbranched alkanes of at least 4 members (excludes halogenated alkanes) is 2. The predicted molar refractivity (Wildman–Crippen MR) is 71.8 cm³/mol. The van der Waals surface area contributed by atoms with Crippen LogP contribution in [0, 0.1) is 0 Å². The minimum atomic E-state index is -1.96. The summed E-state index contributed by atoms with van der Waals surface area (Å²) in [5.41, 5.74) is 0. The van der Waals surface area contributed by atoms with Crippen molar-refractivity contribution in [3.05, 3.63) is 0 Å². The molecule has 0 heterocycles. The van der Waals surface area contributed by atoms with Crippen molar-refractivity contribution in [1.82, 2.24) is 5.32 Å². The lowest BCUT2D eigenvalue weighted by atomic mass is 10.1. The normalized spacial score (nSPS) is 19.0. The van der Waals surface area contributed by atoms with Crippen LogP contribution in [0.1, 0.15) is 45.4 Å². The molecule has 0 spiro atoms. The summed E-state index contributed by atoms with van der Waals surface area (Å²) in [6.07, 6.45) is -8.28. The Hall–Kier alpha value is -0.460. The lowest BCUT2D eigenvalue weighted by Crippen LogP contribution is -2.36. The molecule has 0 aliphatic rings. The summed E-state index contributed by atoms with van der Waals surface area (Å²) in [7, 11) is 0. The van der Waals surface area contributed by atoms with Crippen LogP contribution in [-0.2, 0) is 0 Å². The summed E-state index contributed by atoms with van der Waals surface area (Å²) in [6, 6.07) is 0. The summed E-state index contributed by atoms with van der Waals surface area (Å²) in [6.45, 7) is 0.0457. The van der Waals surface area contributed by atoms with Crippen molar-refractivity contribution in [2.24, 2.45) is 0 Å². The van der Waals surface area contributed by atoms with Crippen LogP contribution >= 0.6 is 0 Å². The Balaban J connectivity index is 3.73. The van der Waals surface area contributed by atoms with Crippen LogP contribution in [0.3, 0.4) is 0 Å². The van der Waals surface area contributed by atoms with Crippen LogP contribution < -0.4 is 5.32 Å². The number of halogens is 6. The van der Waals surface area contributed by atoms with Crippen LogP contribution in [0.25, 0.3) is 0 Å². The Kier molecular flexibility index (Phi) is 11.9. The van der Waals surface area contributed by atoms with E-state index in [1.165, 1.54) is 0 Å². The maximum atomic E-state index is 13.4. The molecule has 0 amide bonds. The van der Waals surface area contributed by atoms with Gasteiger partial charge in [0, 0.05) is 6.54 Å². The fourth-order valence-electron chi connectivity index (χ4n) is 1.79. The Morgan fingerprint density at radius 2 is 1.38 bits per heavy atom. The van der Waals surface area contributed by atoms with Crippen molar-refractivity contribution in [3.8, 4) is 0 Å². The maximum Gasteiger partial charge on any atom is 0.151 e. The second-order valence-corrected chi connectivity index (χ2v) is 5.22. The van der Waals surface area contributed by atoms with Crippen LogP contribution in [0.15, 0.2) is 0 Å². The minimum Gasteiger partial charge on any atom is -0.285 e. The minimum absolute atomic E-state index is 0.107. The molecule has 0 aromatic heterocycles. The van der Waals surface area contributed by atoms with Crippen LogP contribution in [0.2, 0.25) is 0 Å². The summed E-state index contributed by atoms with van der Waals surface area (Å²) in [4.78, 5) is 0. The zero-order chi connectivity index (χ0) is 16.3. The lowest BCUT2D eigenvalue weighted by Gasteiger charge is -2.17. The SMILES string of the molecule is CC(F)C(F)CCC(F)C(F)CNC(F)CCCCCF. The van der Waals surface area contributed by atoms with Gasteiger partial charge >= 0.3 is 0 Å². The van der Waals surface area contributed by atoms with Crippen molar-refractivity contribution in [2.45, 2.75) is 76.4 Å². The number of nitrogens with one attached hydrogen (secondary N) is 1. The van der Waals surface area contributed by atoms with Gasteiger partial charge in [0.05, 0.1) is 6.67 Å². The van der Waals surface area contributed by atoms with Gasteiger partial charge in [0.25, 0.3) is 0 Å². The van der Waals surface area contributed by atoms with Gasteiger partial charge in [0.15, 0.2) is 6.30 Å². The lowest BCUT2D eigenvalue weighted by molar-refractivity contribution is 0.111. The molecule has 0 radical (unpaired) electrons. The van der Waals surface area contributed by atoms with Crippen LogP contribution in [0.5, 0.6) is 0 Å². The average Bonchev–Trinajstić information content (AvgIpc) is 2.46. The molecule has 5 unspecified atom stereocenters. The third-order valence-corrected chi connectivity index (χ3v) is 3.23. The maximum absolute atomic E-state index is 13.4. The van der Waals surface area contributed by atoms with Gasteiger partial charge in [0.2, 0.25) is 0 Å². The predicted octanol–water partition coefficient (Wildman–Crippen LogP) is 4.55. The molecule has 0 saturated heterocycles. The van der Waals surface area contributed by atoms with Crippen molar-refractivity contribution in [1.29, 1.82) is 0 Å². The molecule has 0 fully saturated rings. The van der Waals surface area contributed by atoms with Crippen LogP contribution in [0.4, 0.5) is 26.3 Å². The first-order valence-electron chi connectivity index (χ1n) is 7.38. The Labute approximate surface area is 122 Å². The molecular weight excluding hydrogens is 296 g/mol. The third kappa shape index (κ3) is 10.8.